The molecule has 1 aromatic carbocycles. The van der Waals surface area contributed by atoms with Crippen LogP contribution in [0.1, 0.15) is 6.92 Å². The van der Waals surface area contributed by atoms with Gasteiger partial charge in [0, 0.05) is 12.1 Å². The van der Waals surface area contributed by atoms with Gasteiger partial charge in [0.1, 0.15) is 29.7 Å². The molecule has 0 radical (unpaired) electrons. The molecule has 2 heterocycles. The van der Waals surface area contributed by atoms with Crippen LogP contribution in [-0.2, 0) is 0 Å². The first-order valence-corrected chi connectivity index (χ1v) is 8.13. The van der Waals surface area contributed by atoms with E-state index in [4.69, 9.17) is 23.2 Å². The molecule has 3 aromatic rings. The van der Waals surface area contributed by atoms with Crippen molar-refractivity contribution in [1.82, 2.24) is 19.6 Å². The lowest BCUT2D eigenvalue weighted by molar-refractivity contribution is -0.119. The maximum Gasteiger partial charge on any atom is 0.405 e. The van der Waals surface area contributed by atoms with E-state index >= 15 is 0 Å². The van der Waals surface area contributed by atoms with Crippen LogP contribution in [0.2, 0.25) is 10.2 Å². The number of hydrogen-bond acceptors (Lipinski definition) is 4. The minimum atomic E-state index is -4.51. The zero-order chi connectivity index (χ0) is 19.1. The molecular formula is C15H11Cl2F4N5. The van der Waals surface area contributed by atoms with Crippen LogP contribution in [0.25, 0.3) is 16.9 Å². The largest absolute Gasteiger partial charge is 0.405 e. The first-order valence-electron chi connectivity index (χ1n) is 7.38. The Morgan fingerprint density at radius 1 is 1.19 bits per heavy atom. The van der Waals surface area contributed by atoms with Gasteiger partial charge in [-0.1, -0.05) is 29.3 Å². The van der Waals surface area contributed by atoms with E-state index in [1.54, 1.807) is 0 Å². The molecule has 3 rings (SSSR count). The number of hydrogen-bond donors (Lipinski definition) is 0. The number of fused-ring (bicyclic) bond motifs is 1. The maximum absolute atomic E-state index is 14.5. The van der Waals surface area contributed by atoms with Gasteiger partial charge in [-0.3, -0.25) is 0 Å². The zero-order valence-electron chi connectivity index (χ0n) is 13.2. The molecule has 0 spiro atoms. The molecule has 0 atom stereocenters. The molecule has 26 heavy (non-hydrogen) atoms. The van der Waals surface area contributed by atoms with Gasteiger partial charge >= 0.3 is 6.18 Å². The van der Waals surface area contributed by atoms with Crippen molar-refractivity contribution in [3.05, 3.63) is 40.5 Å². The second-order valence-corrected chi connectivity index (χ2v) is 6.06. The fraction of sp³-hybridized carbons (Fsp3) is 0.267. The van der Waals surface area contributed by atoms with Gasteiger partial charge in [0.2, 0.25) is 0 Å². The highest BCUT2D eigenvalue weighted by molar-refractivity contribution is 6.36. The topological polar surface area (TPSA) is 46.3 Å². The van der Waals surface area contributed by atoms with Crippen LogP contribution < -0.4 is 4.90 Å². The highest BCUT2D eigenvalue weighted by Gasteiger charge is 2.34. The van der Waals surface area contributed by atoms with E-state index in [-0.39, 0.29) is 39.4 Å². The summed E-state index contributed by atoms with van der Waals surface area (Å²) in [4.78, 5) is 8.81. The van der Waals surface area contributed by atoms with Gasteiger partial charge in [-0.15, -0.1) is 0 Å². The summed E-state index contributed by atoms with van der Waals surface area (Å²) in [7, 11) is 0. The number of alkyl halides is 3. The number of anilines is 1. The SMILES string of the molecule is CCN(CC(F)(F)F)c1c(-c2c(F)cccc2Cl)c(Cl)nc2ncnn12. The number of aromatic nitrogens is 4. The maximum atomic E-state index is 14.5. The molecule has 0 aliphatic heterocycles. The molecular weight excluding hydrogens is 397 g/mol. The van der Waals surface area contributed by atoms with Crippen LogP contribution in [0.4, 0.5) is 23.4 Å². The predicted molar refractivity (Wildman–Crippen MR) is 90.1 cm³/mol. The molecule has 0 bridgehead atoms. The van der Waals surface area contributed by atoms with E-state index in [1.807, 2.05) is 0 Å². The molecule has 2 aromatic heterocycles. The predicted octanol–water partition coefficient (Wildman–Crippen LogP) is 4.63. The van der Waals surface area contributed by atoms with Crippen LogP contribution in [0.5, 0.6) is 0 Å². The number of nitrogens with zero attached hydrogens (tertiary/aromatic N) is 5. The normalized spacial score (nSPS) is 12.0. The van der Waals surface area contributed by atoms with Gasteiger partial charge in [0.25, 0.3) is 5.78 Å². The van der Waals surface area contributed by atoms with E-state index in [0.717, 1.165) is 21.8 Å². The minimum Gasteiger partial charge on any atom is -0.347 e. The van der Waals surface area contributed by atoms with Gasteiger partial charge in [-0.25, -0.2) is 4.39 Å². The average Bonchev–Trinajstić information content (AvgIpc) is 2.99. The van der Waals surface area contributed by atoms with Crippen molar-refractivity contribution < 1.29 is 17.6 Å². The summed E-state index contributed by atoms with van der Waals surface area (Å²) in [5, 5.41) is 3.67. The molecule has 0 saturated carbocycles. The van der Waals surface area contributed by atoms with Crippen molar-refractivity contribution in [3.8, 4) is 11.1 Å². The second kappa shape index (κ2) is 6.88. The quantitative estimate of drug-likeness (QED) is 0.467. The Labute approximate surface area is 155 Å². The Hall–Kier alpha value is -2.13. The standard InChI is InChI=1S/C15H11Cl2F4N5/c1-2-25(6-15(19,20)21)13-11(10-8(16)4-3-5-9(10)18)12(17)24-14-22-7-23-26(13)14/h3-5,7H,2,6H2,1H3. The molecule has 0 fully saturated rings. The smallest absolute Gasteiger partial charge is 0.347 e. The third-order valence-corrected chi connectivity index (χ3v) is 4.21. The highest BCUT2D eigenvalue weighted by Crippen LogP contribution is 2.41. The summed E-state index contributed by atoms with van der Waals surface area (Å²) in [5.74, 6) is -0.851. The monoisotopic (exact) mass is 407 g/mol. The summed E-state index contributed by atoms with van der Waals surface area (Å²) in [5.41, 5.74) is -0.237. The summed E-state index contributed by atoms with van der Waals surface area (Å²) in [6.45, 7) is 0.182. The van der Waals surface area contributed by atoms with Crippen LogP contribution in [-0.4, -0.2) is 38.8 Å². The number of halogens is 6. The molecule has 0 N–H and O–H groups in total. The average molecular weight is 408 g/mol. The van der Waals surface area contributed by atoms with Crippen LogP contribution >= 0.6 is 23.2 Å². The molecule has 5 nitrogen and oxygen atoms in total. The third-order valence-electron chi connectivity index (χ3n) is 3.62. The molecule has 11 heteroatoms. The lowest BCUT2D eigenvalue weighted by Gasteiger charge is -2.27. The Kier molecular flexibility index (Phi) is 4.94. The third kappa shape index (κ3) is 3.41. The van der Waals surface area contributed by atoms with Crippen LogP contribution in [0.3, 0.4) is 0 Å². The van der Waals surface area contributed by atoms with E-state index in [0.29, 0.717) is 0 Å². The fourth-order valence-electron chi connectivity index (χ4n) is 2.60. The molecule has 138 valence electrons. The summed E-state index contributed by atoms with van der Waals surface area (Å²) < 4.78 is 54.7. The van der Waals surface area contributed by atoms with Gasteiger partial charge in [0.05, 0.1) is 10.6 Å². The Balaban J connectivity index is 2.37. The molecule has 0 amide bonds. The summed E-state index contributed by atoms with van der Waals surface area (Å²) in [6, 6.07) is 3.92. The van der Waals surface area contributed by atoms with Crippen LogP contribution in [0.15, 0.2) is 24.5 Å². The van der Waals surface area contributed by atoms with E-state index in [1.165, 1.54) is 19.1 Å². The van der Waals surface area contributed by atoms with E-state index < -0.39 is 18.5 Å². The second-order valence-electron chi connectivity index (χ2n) is 5.30. The van der Waals surface area contributed by atoms with Gasteiger partial charge in [0.15, 0.2) is 0 Å². The van der Waals surface area contributed by atoms with Crippen molar-refractivity contribution in [2.45, 2.75) is 13.1 Å². The first-order chi connectivity index (χ1) is 12.2. The van der Waals surface area contributed by atoms with Crippen LogP contribution in [0, 0.1) is 5.82 Å². The lowest BCUT2D eigenvalue weighted by Crippen LogP contribution is -2.36. The Morgan fingerprint density at radius 3 is 2.54 bits per heavy atom. The van der Waals surface area contributed by atoms with E-state index in [2.05, 4.69) is 15.1 Å². The fourth-order valence-corrected chi connectivity index (χ4v) is 3.11. The van der Waals surface area contributed by atoms with Gasteiger partial charge in [-0.05, 0) is 19.1 Å². The van der Waals surface area contributed by atoms with Crippen molar-refractivity contribution in [1.29, 1.82) is 0 Å². The van der Waals surface area contributed by atoms with Crippen molar-refractivity contribution in [2.75, 3.05) is 18.0 Å². The van der Waals surface area contributed by atoms with Crippen molar-refractivity contribution in [3.63, 3.8) is 0 Å². The molecule has 0 saturated heterocycles. The zero-order valence-corrected chi connectivity index (χ0v) is 14.7. The number of rotatable bonds is 4. The lowest BCUT2D eigenvalue weighted by atomic mass is 10.1. The van der Waals surface area contributed by atoms with Gasteiger partial charge in [-0.2, -0.15) is 32.8 Å². The number of benzene rings is 1. The Bertz CT molecular complexity index is 937. The van der Waals surface area contributed by atoms with Crippen molar-refractivity contribution >= 4 is 34.8 Å². The van der Waals surface area contributed by atoms with Crippen molar-refractivity contribution in [2.24, 2.45) is 0 Å². The molecule has 0 aliphatic carbocycles. The summed E-state index contributed by atoms with van der Waals surface area (Å²) >= 11 is 12.3. The minimum absolute atomic E-state index is 0.0122. The first kappa shape index (κ1) is 18.7. The highest BCUT2D eigenvalue weighted by atomic mass is 35.5. The van der Waals surface area contributed by atoms with E-state index in [9.17, 15) is 17.6 Å². The molecule has 0 unspecified atom stereocenters. The Morgan fingerprint density at radius 2 is 1.92 bits per heavy atom. The summed E-state index contributed by atoms with van der Waals surface area (Å²) in [6.07, 6.45) is -3.38. The van der Waals surface area contributed by atoms with Gasteiger partial charge < -0.3 is 4.90 Å². The molecule has 0 aliphatic rings.